The molecule has 2 heterocycles. The number of hydrogen-bond donors (Lipinski definition) is 0. The summed E-state index contributed by atoms with van der Waals surface area (Å²) >= 11 is 0. The highest BCUT2D eigenvalue weighted by Crippen LogP contribution is 2.31. The molecule has 0 saturated carbocycles. The van der Waals surface area contributed by atoms with Gasteiger partial charge >= 0.3 is 5.97 Å². The van der Waals surface area contributed by atoms with Crippen molar-refractivity contribution in [3.63, 3.8) is 0 Å². The largest absolute Gasteiger partial charge is 0.455 e. The molecule has 0 atom stereocenters. The maximum Gasteiger partial charge on any atom is 0.375 e. The Balaban J connectivity index is 2.12. The van der Waals surface area contributed by atoms with Crippen molar-refractivity contribution in [2.24, 2.45) is 0 Å². The number of hydrogen-bond acceptors (Lipinski definition) is 6. The van der Waals surface area contributed by atoms with Crippen LogP contribution in [0.2, 0.25) is 0 Å². The molecule has 0 amide bonds. The van der Waals surface area contributed by atoms with Gasteiger partial charge in [-0.2, -0.15) is 0 Å². The second-order valence-electron chi connectivity index (χ2n) is 4.94. The van der Waals surface area contributed by atoms with E-state index in [-0.39, 0.29) is 17.3 Å². The van der Waals surface area contributed by atoms with Gasteiger partial charge in [0.15, 0.2) is 9.84 Å². The molecule has 1 aliphatic rings. The molecule has 0 fully saturated rings. The molecule has 0 unspecified atom stereocenters. The van der Waals surface area contributed by atoms with Crippen LogP contribution >= 0.6 is 0 Å². The minimum absolute atomic E-state index is 0.00713. The van der Waals surface area contributed by atoms with Gasteiger partial charge in [0.2, 0.25) is 5.76 Å². The van der Waals surface area contributed by atoms with E-state index in [0.29, 0.717) is 16.9 Å². The monoisotopic (exact) mass is 331 g/mol. The molecule has 6 nitrogen and oxygen atoms in total. The molecule has 2 aromatic rings. The summed E-state index contributed by atoms with van der Waals surface area (Å²) in [6.45, 7) is -0.0359. The molecule has 0 bridgehead atoms. The van der Waals surface area contributed by atoms with Crippen molar-refractivity contribution in [3.05, 3.63) is 60.1 Å². The summed E-state index contributed by atoms with van der Waals surface area (Å²) in [5.74, 6) is -0.212. The molecule has 23 heavy (non-hydrogen) atoms. The first kappa shape index (κ1) is 15.2. The van der Waals surface area contributed by atoms with E-state index in [1.165, 1.54) is 18.5 Å². The standard InChI is InChI=1S/C16H13NO5S/c1-23(19,20)14-5-3-2-4-12(14)13-10-21-16(18)15(13)22-11-6-8-17-9-7-11/h2-9H,10H2,1H3. The Kier molecular flexibility index (Phi) is 3.87. The van der Waals surface area contributed by atoms with Crippen LogP contribution in [-0.2, 0) is 19.4 Å². The SMILES string of the molecule is CS(=O)(=O)c1ccccc1C1=C(Oc2ccncc2)C(=O)OC1. The van der Waals surface area contributed by atoms with Crippen molar-refractivity contribution in [2.75, 3.05) is 12.9 Å². The fraction of sp³-hybridized carbons (Fsp3) is 0.125. The Hall–Kier alpha value is -2.67. The number of esters is 1. The van der Waals surface area contributed by atoms with Gasteiger partial charge in [-0.25, -0.2) is 13.2 Å². The van der Waals surface area contributed by atoms with Crippen LogP contribution < -0.4 is 4.74 Å². The molecule has 118 valence electrons. The van der Waals surface area contributed by atoms with Crippen LogP contribution in [0.1, 0.15) is 5.56 Å². The van der Waals surface area contributed by atoms with Crippen LogP contribution in [0.25, 0.3) is 5.57 Å². The number of sulfone groups is 1. The quantitative estimate of drug-likeness (QED) is 0.795. The lowest BCUT2D eigenvalue weighted by Gasteiger charge is -2.09. The maximum absolute atomic E-state index is 12.0. The van der Waals surface area contributed by atoms with Gasteiger partial charge in [0, 0.05) is 29.8 Å². The predicted molar refractivity (Wildman–Crippen MR) is 82.3 cm³/mol. The fourth-order valence-electron chi connectivity index (χ4n) is 2.26. The third-order valence-corrected chi connectivity index (χ3v) is 4.44. The molecule has 3 rings (SSSR count). The minimum Gasteiger partial charge on any atom is -0.455 e. The summed E-state index contributed by atoms with van der Waals surface area (Å²) in [5.41, 5.74) is 0.817. The van der Waals surface area contributed by atoms with Crippen LogP contribution in [0.15, 0.2) is 59.4 Å². The molecule has 0 radical (unpaired) electrons. The van der Waals surface area contributed by atoms with E-state index in [1.54, 1.807) is 30.3 Å². The number of ether oxygens (including phenoxy) is 2. The summed E-state index contributed by atoms with van der Waals surface area (Å²) in [5, 5.41) is 0. The molecule has 7 heteroatoms. The van der Waals surface area contributed by atoms with Crippen molar-refractivity contribution in [2.45, 2.75) is 4.90 Å². The van der Waals surface area contributed by atoms with E-state index in [9.17, 15) is 13.2 Å². The highest BCUT2D eigenvalue weighted by molar-refractivity contribution is 7.90. The van der Waals surface area contributed by atoms with Crippen molar-refractivity contribution in [3.8, 4) is 5.75 Å². The second-order valence-corrected chi connectivity index (χ2v) is 6.92. The predicted octanol–water partition coefficient (Wildman–Crippen LogP) is 1.83. The fourth-order valence-corrected chi connectivity index (χ4v) is 3.18. The maximum atomic E-state index is 12.0. The zero-order valence-electron chi connectivity index (χ0n) is 12.2. The van der Waals surface area contributed by atoms with Gasteiger partial charge in [-0.1, -0.05) is 18.2 Å². The summed E-state index contributed by atoms with van der Waals surface area (Å²) < 4.78 is 34.5. The Bertz CT molecular complexity index is 888. The van der Waals surface area contributed by atoms with Crippen molar-refractivity contribution >= 4 is 21.4 Å². The highest BCUT2D eigenvalue weighted by atomic mass is 32.2. The van der Waals surface area contributed by atoms with Crippen LogP contribution in [0.4, 0.5) is 0 Å². The van der Waals surface area contributed by atoms with Crippen molar-refractivity contribution < 1.29 is 22.7 Å². The van der Waals surface area contributed by atoms with Crippen LogP contribution in [0, 0.1) is 0 Å². The van der Waals surface area contributed by atoms with Gasteiger partial charge in [0.05, 0.1) is 4.90 Å². The summed E-state index contributed by atoms with van der Waals surface area (Å²) in [7, 11) is -3.45. The topological polar surface area (TPSA) is 82.6 Å². The normalized spacial score (nSPS) is 14.7. The van der Waals surface area contributed by atoms with Crippen molar-refractivity contribution in [1.29, 1.82) is 0 Å². The number of rotatable bonds is 4. The second kappa shape index (κ2) is 5.85. The summed E-state index contributed by atoms with van der Waals surface area (Å²) in [4.78, 5) is 16.0. The lowest BCUT2D eigenvalue weighted by Crippen LogP contribution is -2.07. The first-order chi connectivity index (χ1) is 11.0. The van der Waals surface area contributed by atoms with Gasteiger partial charge < -0.3 is 9.47 Å². The van der Waals surface area contributed by atoms with E-state index < -0.39 is 15.8 Å². The van der Waals surface area contributed by atoms with E-state index in [1.807, 2.05) is 0 Å². The number of carbonyl (C=O) groups excluding carboxylic acids is 1. The summed E-state index contributed by atoms with van der Waals surface area (Å²) in [6.07, 6.45) is 4.17. The van der Waals surface area contributed by atoms with Crippen LogP contribution in [0.5, 0.6) is 5.75 Å². The number of carbonyl (C=O) groups is 1. The summed E-state index contributed by atoms with van der Waals surface area (Å²) in [6, 6.07) is 9.64. The molecule has 0 saturated heterocycles. The Labute approximate surface area is 133 Å². The number of aromatic nitrogens is 1. The molecule has 0 spiro atoms. The average Bonchev–Trinajstić information content (AvgIpc) is 2.89. The smallest absolute Gasteiger partial charge is 0.375 e. The van der Waals surface area contributed by atoms with E-state index >= 15 is 0 Å². The Morgan fingerprint density at radius 2 is 1.83 bits per heavy atom. The molecular formula is C16H13NO5S. The van der Waals surface area contributed by atoms with Crippen LogP contribution in [0.3, 0.4) is 0 Å². The average molecular weight is 331 g/mol. The number of cyclic esters (lactones) is 1. The van der Waals surface area contributed by atoms with Gasteiger partial charge in [-0.3, -0.25) is 4.98 Å². The van der Waals surface area contributed by atoms with Crippen LogP contribution in [-0.4, -0.2) is 32.2 Å². The van der Waals surface area contributed by atoms with E-state index in [2.05, 4.69) is 4.98 Å². The van der Waals surface area contributed by atoms with Gasteiger partial charge in [-0.05, 0) is 18.2 Å². The Morgan fingerprint density at radius 1 is 1.13 bits per heavy atom. The number of benzene rings is 1. The molecule has 0 N–H and O–H groups in total. The third kappa shape index (κ3) is 3.09. The number of pyridine rings is 1. The van der Waals surface area contributed by atoms with Crippen molar-refractivity contribution in [1.82, 2.24) is 4.98 Å². The van der Waals surface area contributed by atoms with E-state index in [4.69, 9.17) is 9.47 Å². The molecule has 1 aromatic heterocycles. The molecule has 0 aliphatic carbocycles. The lowest BCUT2D eigenvalue weighted by molar-refractivity contribution is -0.137. The molecule has 1 aromatic carbocycles. The van der Waals surface area contributed by atoms with Gasteiger partial charge in [0.25, 0.3) is 0 Å². The minimum atomic E-state index is -3.45. The number of nitrogens with zero attached hydrogens (tertiary/aromatic N) is 1. The first-order valence-corrected chi connectivity index (χ1v) is 8.63. The molecular weight excluding hydrogens is 318 g/mol. The van der Waals surface area contributed by atoms with Gasteiger partial charge in [-0.15, -0.1) is 0 Å². The zero-order chi connectivity index (χ0) is 16.4. The molecule has 1 aliphatic heterocycles. The lowest BCUT2D eigenvalue weighted by atomic mass is 10.1. The van der Waals surface area contributed by atoms with E-state index in [0.717, 1.165) is 6.26 Å². The van der Waals surface area contributed by atoms with Gasteiger partial charge in [0.1, 0.15) is 12.4 Å². The highest BCUT2D eigenvalue weighted by Gasteiger charge is 2.31. The third-order valence-electron chi connectivity index (χ3n) is 3.29. The zero-order valence-corrected chi connectivity index (χ0v) is 13.0. The Morgan fingerprint density at radius 3 is 2.52 bits per heavy atom. The first-order valence-electron chi connectivity index (χ1n) is 6.74.